The Hall–Kier alpha value is -4.38. The molecule has 1 aliphatic heterocycles. The number of carbonyl (C=O) groups excluding carboxylic acids is 2. The standard InChI is InChI=1S/C28H26N6O4S/c1-19-8-10-20(11-9-19)17-33-25(36)21-5-2-3-6-22(21)34-27(33)29-30-28(34)39-18-24(35)31-12-14-32(15-13-31)26(37)23-7-4-16-38-23/h2-11,16H,12-15,17-18H2,1H3. The number of fused-ring (bicyclic) bond motifs is 3. The fourth-order valence-electron chi connectivity index (χ4n) is 4.78. The van der Waals surface area contributed by atoms with Crippen molar-refractivity contribution in [2.24, 2.45) is 0 Å². The van der Waals surface area contributed by atoms with E-state index in [1.165, 1.54) is 18.0 Å². The van der Waals surface area contributed by atoms with Gasteiger partial charge >= 0.3 is 0 Å². The average molecular weight is 543 g/mol. The number of amides is 2. The van der Waals surface area contributed by atoms with Gasteiger partial charge in [0.2, 0.25) is 11.7 Å². The van der Waals surface area contributed by atoms with Gasteiger partial charge in [-0.25, -0.2) is 0 Å². The maximum absolute atomic E-state index is 13.4. The van der Waals surface area contributed by atoms with Crippen LogP contribution in [0.5, 0.6) is 0 Å². The predicted octanol–water partition coefficient (Wildman–Crippen LogP) is 3.07. The average Bonchev–Trinajstić information content (AvgIpc) is 3.66. The summed E-state index contributed by atoms with van der Waals surface area (Å²) in [6.45, 7) is 4.17. The van der Waals surface area contributed by atoms with Crippen LogP contribution < -0.4 is 5.56 Å². The monoisotopic (exact) mass is 542 g/mol. The third-order valence-corrected chi connectivity index (χ3v) is 7.83. The number of benzene rings is 2. The molecule has 0 saturated carbocycles. The summed E-state index contributed by atoms with van der Waals surface area (Å²) in [4.78, 5) is 42.5. The minimum atomic E-state index is -0.167. The number of para-hydroxylation sites is 1. The summed E-state index contributed by atoms with van der Waals surface area (Å²) in [5, 5.41) is 9.83. The quantitative estimate of drug-likeness (QED) is 0.304. The molecule has 198 valence electrons. The fraction of sp³-hybridized carbons (Fsp3) is 0.250. The van der Waals surface area contributed by atoms with Crippen molar-refractivity contribution in [3.63, 3.8) is 0 Å². The Labute approximate surface area is 227 Å². The van der Waals surface area contributed by atoms with Crippen LogP contribution in [0.2, 0.25) is 0 Å². The zero-order valence-electron chi connectivity index (χ0n) is 21.3. The molecule has 1 saturated heterocycles. The second-order valence-corrected chi connectivity index (χ2v) is 10.4. The zero-order chi connectivity index (χ0) is 26.9. The van der Waals surface area contributed by atoms with Crippen LogP contribution in [0.3, 0.4) is 0 Å². The SMILES string of the molecule is Cc1ccc(Cn2c(=O)c3ccccc3n3c(SCC(=O)N4CCN(C(=O)c5ccco5)CC4)nnc23)cc1. The molecule has 1 fully saturated rings. The third kappa shape index (κ3) is 4.81. The Bertz CT molecular complexity index is 1720. The summed E-state index contributed by atoms with van der Waals surface area (Å²) >= 11 is 1.29. The van der Waals surface area contributed by atoms with Gasteiger partial charge in [-0.05, 0) is 36.8 Å². The van der Waals surface area contributed by atoms with E-state index in [4.69, 9.17) is 4.42 Å². The molecule has 2 aromatic carbocycles. The summed E-state index contributed by atoms with van der Waals surface area (Å²) in [5.74, 6) is 0.689. The molecule has 0 bridgehead atoms. The van der Waals surface area contributed by atoms with Gasteiger partial charge in [-0.1, -0.05) is 53.7 Å². The zero-order valence-corrected chi connectivity index (χ0v) is 22.1. The number of rotatable bonds is 6. The van der Waals surface area contributed by atoms with Gasteiger partial charge in [0.15, 0.2) is 10.9 Å². The highest BCUT2D eigenvalue weighted by Crippen LogP contribution is 2.23. The lowest BCUT2D eigenvalue weighted by Crippen LogP contribution is -2.51. The molecule has 0 aliphatic carbocycles. The molecular weight excluding hydrogens is 516 g/mol. The van der Waals surface area contributed by atoms with Crippen molar-refractivity contribution < 1.29 is 14.0 Å². The molecule has 0 unspecified atom stereocenters. The summed E-state index contributed by atoms with van der Waals surface area (Å²) in [5.41, 5.74) is 2.69. The fourth-order valence-corrected chi connectivity index (χ4v) is 5.62. The second-order valence-electron chi connectivity index (χ2n) is 9.45. The molecule has 2 amide bonds. The second kappa shape index (κ2) is 10.4. The first-order valence-electron chi connectivity index (χ1n) is 12.6. The van der Waals surface area contributed by atoms with Crippen LogP contribution in [0, 0.1) is 6.92 Å². The van der Waals surface area contributed by atoms with E-state index >= 15 is 0 Å². The van der Waals surface area contributed by atoms with Gasteiger partial charge in [0.1, 0.15) is 0 Å². The number of carbonyl (C=O) groups is 2. The summed E-state index contributed by atoms with van der Waals surface area (Å²) in [6.07, 6.45) is 1.48. The molecule has 39 heavy (non-hydrogen) atoms. The summed E-state index contributed by atoms with van der Waals surface area (Å²) < 4.78 is 8.69. The van der Waals surface area contributed by atoms with E-state index in [-0.39, 0.29) is 23.1 Å². The van der Waals surface area contributed by atoms with Gasteiger partial charge in [-0.3, -0.25) is 23.4 Å². The van der Waals surface area contributed by atoms with Crippen LogP contribution in [0.4, 0.5) is 0 Å². The highest BCUT2D eigenvalue weighted by Gasteiger charge is 2.26. The molecule has 0 spiro atoms. The van der Waals surface area contributed by atoms with Crippen LogP contribution >= 0.6 is 11.8 Å². The lowest BCUT2D eigenvalue weighted by atomic mass is 10.1. The van der Waals surface area contributed by atoms with E-state index < -0.39 is 0 Å². The van der Waals surface area contributed by atoms with Crippen LogP contribution in [-0.2, 0) is 11.3 Å². The minimum absolute atomic E-state index is 0.0425. The van der Waals surface area contributed by atoms with Crippen molar-refractivity contribution in [1.82, 2.24) is 29.0 Å². The molecule has 5 aromatic rings. The number of thioether (sulfide) groups is 1. The number of aryl methyl sites for hydroxylation is 1. The number of piperazine rings is 1. The molecule has 3 aromatic heterocycles. The van der Waals surface area contributed by atoms with Crippen molar-refractivity contribution in [2.75, 3.05) is 31.9 Å². The van der Waals surface area contributed by atoms with Crippen LogP contribution in [0.15, 0.2) is 81.3 Å². The summed E-state index contributed by atoms with van der Waals surface area (Å²) in [7, 11) is 0. The Morgan fingerprint density at radius 3 is 2.41 bits per heavy atom. The van der Waals surface area contributed by atoms with Crippen molar-refractivity contribution in [3.05, 3.63) is 94.2 Å². The molecule has 0 atom stereocenters. The molecule has 0 radical (unpaired) electrons. The lowest BCUT2D eigenvalue weighted by molar-refractivity contribution is -0.129. The highest BCUT2D eigenvalue weighted by molar-refractivity contribution is 7.99. The maximum atomic E-state index is 13.4. The van der Waals surface area contributed by atoms with Gasteiger partial charge in [0.25, 0.3) is 11.5 Å². The van der Waals surface area contributed by atoms with Gasteiger partial charge in [-0.15, -0.1) is 10.2 Å². The van der Waals surface area contributed by atoms with Crippen LogP contribution in [0.1, 0.15) is 21.7 Å². The normalized spacial score (nSPS) is 13.9. The van der Waals surface area contributed by atoms with E-state index in [0.29, 0.717) is 60.3 Å². The molecule has 6 rings (SSSR count). The van der Waals surface area contributed by atoms with Crippen LogP contribution in [-0.4, -0.2) is 72.7 Å². The first-order valence-corrected chi connectivity index (χ1v) is 13.6. The topological polar surface area (TPSA) is 106 Å². The molecule has 10 nitrogen and oxygen atoms in total. The summed E-state index contributed by atoms with van der Waals surface area (Å²) in [6, 6.07) is 18.7. The Morgan fingerprint density at radius 1 is 0.923 bits per heavy atom. The first-order chi connectivity index (χ1) is 19.0. The third-order valence-electron chi connectivity index (χ3n) is 6.92. The number of aromatic nitrogens is 4. The highest BCUT2D eigenvalue weighted by atomic mass is 32.2. The van der Waals surface area contributed by atoms with Crippen molar-refractivity contribution >= 4 is 40.3 Å². The van der Waals surface area contributed by atoms with Gasteiger partial charge < -0.3 is 14.2 Å². The lowest BCUT2D eigenvalue weighted by Gasteiger charge is -2.34. The Morgan fingerprint density at radius 2 is 1.67 bits per heavy atom. The number of hydrogen-bond donors (Lipinski definition) is 0. The number of furan rings is 1. The van der Waals surface area contributed by atoms with E-state index in [9.17, 15) is 14.4 Å². The molecule has 4 heterocycles. The van der Waals surface area contributed by atoms with Crippen molar-refractivity contribution in [2.45, 2.75) is 18.6 Å². The van der Waals surface area contributed by atoms with Crippen molar-refractivity contribution in [1.29, 1.82) is 0 Å². The van der Waals surface area contributed by atoms with Gasteiger partial charge in [0, 0.05) is 26.2 Å². The van der Waals surface area contributed by atoms with Crippen LogP contribution in [0.25, 0.3) is 16.7 Å². The number of nitrogens with zero attached hydrogens (tertiary/aromatic N) is 6. The molecule has 1 aliphatic rings. The van der Waals surface area contributed by atoms with E-state index in [2.05, 4.69) is 10.2 Å². The molecular formula is C28H26N6O4S. The van der Waals surface area contributed by atoms with Gasteiger partial charge in [-0.2, -0.15) is 0 Å². The van der Waals surface area contributed by atoms with E-state index in [1.807, 2.05) is 53.8 Å². The molecule has 0 N–H and O–H groups in total. The van der Waals surface area contributed by atoms with E-state index in [0.717, 1.165) is 11.1 Å². The maximum Gasteiger partial charge on any atom is 0.289 e. The van der Waals surface area contributed by atoms with Crippen molar-refractivity contribution in [3.8, 4) is 0 Å². The predicted molar refractivity (Wildman–Crippen MR) is 147 cm³/mol. The Balaban J connectivity index is 1.21. The minimum Gasteiger partial charge on any atom is -0.459 e. The van der Waals surface area contributed by atoms with Gasteiger partial charge in [0.05, 0.1) is 29.5 Å². The first kappa shape index (κ1) is 24.9. The Kier molecular flexibility index (Phi) is 6.65. The molecule has 11 heteroatoms. The number of hydrogen-bond acceptors (Lipinski definition) is 7. The smallest absolute Gasteiger partial charge is 0.289 e. The van der Waals surface area contributed by atoms with E-state index in [1.54, 1.807) is 32.6 Å². The largest absolute Gasteiger partial charge is 0.459 e.